The number of nitrogens with zero attached hydrogens (tertiary/aromatic N) is 3. The maximum Gasteiger partial charge on any atom is 0.0372 e. The van der Waals surface area contributed by atoms with Gasteiger partial charge < -0.3 is 14.7 Å². The number of piperidine rings is 2. The van der Waals surface area contributed by atoms with E-state index in [1.165, 1.54) is 107 Å². The highest BCUT2D eigenvalue weighted by molar-refractivity contribution is 5.66. The lowest BCUT2D eigenvalue weighted by Gasteiger charge is -2.38. The van der Waals surface area contributed by atoms with Gasteiger partial charge in [-0.2, -0.15) is 0 Å². The Morgan fingerprint density at radius 2 is 1.50 bits per heavy atom. The van der Waals surface area contributed by atoms with Gasteiger partial charge >= 0.3 is 0 Å². The summed E-state index contributed by atoms with van der Waals surface area (Å²) in [6.45, 7) is 18.6. The Hall–Kier alpha value is -1.48. The van der Waals surface area contributed by atoms with E-state index in [1.807, 2.05) is 0 Å². The van der Waals surface area contributed by atoms with Gasteiger partial charge in [0.05, 0.1) is 0 Å². The first kappa shape index (κ1) is 25.1. The predicted molar refractivity (Wildman–Crippen MR) is 141 cm³/mol. The quantitative estimate of drug-likeness (QED) is 0.422. The van der Waals surface area contributed by atoms with Crippen LogP contribution in [0.2, 0.25) is 0 Å². The predicted octanol–water partition coefficient (Wildman–Crippen LogP) is 7.04. The van der Waals surface area contributed by atoms with Crippen LogP contribution < -0.4 is 4.90 Å². The van der Waals surface area contributed by atoms with Gasteiger partial charge in [0.15, 0.2) is 0 Å². The average Bonchev–Trinajstić information content (AvgIpc) is 3.38. The van der Waals surface area contributed by atoms with Crippen molar-refractivity contribution >= 4 is 11.4 Å². The number of anilines is 1. The molecule has 0 spiro atoms. The summed E-state index contributed by atoms with van der Waals surface area (Å²) in [7, 11) is 0. The molecule has 0 N–H and O–H groups in total. The van der Waals surface area contributed by atoms with Gasteiger partial charge in [0.25, 0.3) is 0 Å². The van der Waals surface area contributed by atoms with Crippen molar-refractivity contribution in [1.82, 2.24) is 9.80 Å². The Kier molecular flexibility index (Phi) is 10.4. The van der Waals surface area contributed by atoms with Crippen molar-refractivity contribution in [3.63, 3.8) is 0 Å². The highest BCUT2D eigenvalue weighted by Gasteiger charge is 2.26. The second-order valence-electron chi connectivity index (χ2n) is 10.3. The lowest BCUT2D eigenvalue weighted by atomic mass is 9.97. The van der Waals surface area contributed by atoms with E-state index >= 15 is 0 Å². The number of hydrogen-bond acceptors (Lipinski definition) is 3. The number of benzene rings is 1. The summed E-state index contributed by atoms with van der Waals surface area (Å²) in [6.07, 6.45) is 13.6. The molecule has 0 saturated carbocycles. The molecule has 3 heteroatoms. The average molecular weight is 440 g/mol. The van der Waals surface area contributed by atoms with Crippen molar-refractivity contribution in [3.05, 3.63) is 36.4 Å². The Bertz CT molecular complexity index is 659. The minimum absolute atomic E-state index is 0.822. The van der Waals surface area contributed by atoms with E-state index < -0.39 is 0 Å². The van der Waals surface area contributed by atoms with Crippen molar-refractivity contribution in [1.29, 1.82) is 0 Å². The summed E-state index contributed by atoms with van der Waals surface area (Å²) in [5.41, 5.74) is 3.90. The number of likely N-dealkylation sites (tertiary alicyclic amines) is 2. The fourth-order valence-corrected chi connectivity index (χ4v) is 5.44. The van der Waals surface area contributed by atoms with Gasteiger partial charge in [-0.25, -0.2) is 0 Å². The number of rotatable bonds is 7. The van der Waals surface area contributed by atoms with E-state index in [4.69, 9.17) is 0 Å². The lowest BCUT2D eigenvalue weighted by molar-refractivity contribution is 0.208. The van der Waals surface area contributed by atoms with Gasteiger partial charge in [-0.3, -0.25) is 0 Å². The maximum absolute atomic E-state index is 4.42. The summed E-state index contributed by atoms with van der Waals surface area (Å²) in [5, 5.41) is 0. The van der Waals surface area contributed by atoms with Crippen LogP contribution in [0.5, 0.6) is 0 Å². The molecule has 3 heterocycles. The van der Waals surface area contributed by atoms with Crippen LogP contribution in [-0.4, -0.2) is 55.1 Å². The molecular weight excluding hydrogens is 390 g/mol. The summed E-state index contributed by atoms with van der Waals surface area (Å²) in [5.74, 6) is 0.863. The topological polar surface area (TPSA) is 9.72 Å². The van der Waals surface area contributed by atoms with E-state index in [1.54, 1.807) is 0 Å². The molecule has 1 aromatic carbocycles. The van der Waals surface area contributed by atoms with Crippen LogP contribution in [0.25, 0.3) is 5.70 Å². The molecule has 4 rings (SSSR count). The van der Waals surface area contributed by atoms with Gasteiger partial charge in [-0.1, -0.05) is 65.2 Å². The normalized spacial score (nSPS) is 20.8. The molecule has 0 unspecified atom stereocenters. The molecule has 0 aromatic heterocycles. The molecule has 1 aromatic rings. The Morgan fingerprint density at radius 1 is 0.875 bits per heavy atom. The Balaban J connectivity index is 0.000000427. The molecule has 0 bridgehead atoms. The molecule has 0 amide bonds. The summed E-state index contributed by atoms with van der Waals surface area (Å²) in [6, 6.07) is 9.93. The number of hydrogen-bond donors (Lipinski definition) is 0. The van der Waals surface area contributed by atoms with Gasteiger partial charge in [0.1, 0.15) is 0 Å². The molecule has 3 aliphatic rings. The zero-order valence-corrected chi connectivity index (χ0v) is 21.3. The Morgan fingerprint density at radius 3 is 2.09 bits per heavy atom. The van der Waals surface area contributed by atoms with Gasteiger partial charge in [0.2, 0.25) is 0 Å². The van der Waals surface area contributed by atoms with Crippen LogP contribution in [-0.2, 0) is 0 Å². The monoisotopic (exact) mass is 439 g/mol. The lowest BCUT2D eigenvalue weighted by Crippen LogP contribution is -2.43. The molecule has 0 aliphatic carbocycles. The minimum Gasteiger partial charge on any atom is -0.372 e. The van der Waals surface area contributed by atoms with Gasteiger partial charge in [-0.15, -0.1) is 0 Å². The third-order valence-electron chi connectivity index (χ3n) is 7.79. The highest BCUT2D eigenvalue weighted by atomic mass is 15.2. The first-order valence-corrected chi connectivity index (χ1v) is 13.7. The van der Waals surface area contributed by atoms with Crippen molar-refractivity contribution in [2.24, 2.45) is 5.92 Å². The fourth-order valence-electron chi connectivity index (χ4n) is 5.44. The van der Waals surface area contributed by atoms with Crippen LogP contribution in [0.3, 0.4) is 0 Å². The molecule has 3 saturated heterocycles. The molecule has 0 radical (unpaired) electrons. The van der Waals surface area contributed by atoms with Crippen LogP contribution in [0, 0.1) is 5.92 Å². The molecule has 32 heavy (non-hydrogen) atoms. The highest BCUT2D eigenvalue weighted by Crippen LogP contribution is 2.29. The van der Waals surface area contributed by atoms with E-state index in [9.17, 15) is 0 Å². The molecular formula is C29H49N3. The largest absolute Gasteiger partial charge is 0.372 e. The number of unbranched alkanes of at least 4 members (excludes halogenated alkanes) is 3. The maximum atomic E-state index is 4.42. The molecule has 0 atom stereocenters. The third kappa shape index (κ3) is 7.27. The second kappa shape index (κ2) is 13.3. The Labute approximate surface area is 198 Å². The minimum atomic E-state index is 0.822. The fraction of sp³-hybridized carbons (Fsp3) is 0.724. The molecule has 180 valence electrons. The van der Waals surface area contributed by atoms with Crippen LogP contribution in [0.15, 0.2) is 30.8 Å². The smallest absolute Gasteiger partial charge is 0.0372 e. The van der Waals surface area contributed by atoms with Crippen molar-refractivity contribution in [2.45, 2.75) is 91.0 Å². The first-order valence-electron chi connectivity index (χ1n) is 13.7. The van der Waals surface area contributed by atoms with Gasteiger partial charge in [-0.05, 0) is 75.2 Å². The summed E-state index contributed by atoms with van der Waals surface area (Å²) < 4.78 is 0. The van der Waals surface area contributed by atoms with Crippen LogP contribution in [0.4, 0.5) is 5.69 Å². The van der Waals surface area contributed by atoms with E-state index in [-0.39, 0.29) is 0 Å². The van der Waals surface area contributed by atoms with Crippen LogP contribution in [0.1, 0.15) is 90.5 Å². The first-order chi connectivity index (χ1) is 15.6. The second-order valence-corrected chi connectivity index (χ2v) is 10.3. The van der Waals surface area contributed by atoms with Gasteiger partial charge in [0, 0.05) is 43.6 Å². The molecule has 3 aliphatic heterocycles. The van der Waals surface area contributed by atoms with E-state index in [0.717, 1.165) is 25.0 Å². The van der Waals surface area contributed by atoms with E-state index in [2.05, 4.69) is 66.3 Å². The third-order valence-corrected chi connectivity index (χ3v) is 7.79. The zero-order chi connectivity index (χ0) is 22.8. The SMILES string of the molecule is C=C(c1cccc(N2CCC(N3CCCC3)CC2)c1)N1CCC(C)CC1.CCCCCC. The summed E-state index contributed by atoms with van der Waals surface area (Å²) in [4.78, 5) is 7.80. The van der Waals surface area contributed by atoms with Crippen LogP contribution >= 0.6 is 0 Å². The zero-order valence-electron chi connectivity index (χ0n) is 21.3. The van der Waals surface area contributed by atoms with Crippen molar-refractivity contribution in [3.8, 4) is 0 Å². The van der Waals surface area contributed by atoms with Crippen molar-refractivity contribution in [2.75, 3.05) is 44.2 Å². The van der Waals surface area contributed by atoms with Crippen molar-refractivity contribution < 1.29 is 0 Å². The summed E-state index contributed by atoms with van der Waals surface area (Å²) >= 11 is 0. The molecule has 3 fully saturated rings. The van der Waals surface area contributed by atoms with E-state index in [0.29, 0.717) is 0 Å². The molecule has 3 nitrogen and oxygen atoms in total. The standard InChI is InChI=1S/C23H35N3.C6H14/c1-19-8-14-24(15-9-19)20(2)21-6-5-7-23(18-21)26-16-10-22(11-17-26)25-12-3-4-13-25;1-3-5-6-4-2/h5-7,18-19,22H,2-4,8-17H2,1H3;3-6H2,1-2H3.